The first kappa shape index (κ1) is 61.7. The van der Waals surface area contributed by atoms with E-state index >= 15 is 0 Å². The Labute approximate surface area is 341 Å². The molecule has 0 fully saturated rings. The van der Waals surface area contributed by atoms with Gasteiger partial charge in [-0.15, -0.1) is 0 Å². The Morgan fingerprint density at radius 1 is 0.673 bits per heavy atom. The number of carboxylic acid groups (broad SMARTS) is 1. The fourth-order valence-corrected chi connectivity index (χ4v) is 5.43. The summed E-state index contributed by atoms with van der Waals surface area (Å²) in [6.07, 6.45) is 13.5. The maximum atomic E-state index is 11.4. The Morgan fingerprint density at radius 2 is 1.02 bits per heavy atom. The number of hydrogen-bond donors (Lipinski definition) is 5. The minimum atomic E-state index is -4.40. The van der Waals surface area contributed by atoms with Gasteiger partial charge in [-0.05, 0) is 70.6 Å². The average Bonchev–Trinajstić information content (AvgIpc) is 3.11. The van der Waals surface area contributed by atoms with Crippen LogP contribution in [0, 0.1) is 11.8 Å². The summed E-state index contributed by atoms with van der Waals surface area (Å²) in [5.41, 5.74) is 1.03. The fraction of sp³-hybridized carbons (Fsp3) is 0.800. The molecule has 0 saturated heterocycles. The van der Waals surface area contributed by atoms with Crippen molar-refractivity contribution in [2.45, 2.75) is 140 Å². The third-order valence-corrected chi connectivity index (χ3v) is 9.42. The van der Waals surface area contributed by atoms with Crippen LogP contribution >= 0.6 is 11.8 Å². The van der Waals surface area contributed by atoms with Crippen molar-refractivity contribution in [3.05, 3.63) is 24.3 Å². The number of carbonyl (C=O) groups is 4. The van der Waals surface area contributed by atoms with Crippen LogP contribution in [0.15, 0.2) is 24.3 Å². The lowest BCUT2D eigenvalue weighted by Gasteiger charge is -2.39. The second-order valence-electron chi connectivity index (χ2n) is 13.9. The standard InChI is InChI=1S/C16H36N.C12H22N2O2.C7H13ClN2O.C4H8O5S.CH4/c1-5-9-13-17(14-10-6-2,15-11-7-3)16-12-8-4;1-5-10(4)12(16)14-8-6-7-13-11(15)9(2)3;1-6(2)7(11)9-4-3-5-10-8;1-3(4(5)6)2-10(7,8)9;/h5-16H2,1-4H3;10H,2,5-8H2,1,3-4H3,(H,13,15)(H,14,16);10H,1,3-5H2,2H3,(H,9,11);3H,2H2,1H3,(H,5,6)(H,7,8,9);1H4/q+1;;;;/p-1. The third kappa shape index (κ3) is 42.5. The zero-order valence-corrected chi connectivity index (χ0v) is 36.8. The largest absolute Gasteiger partial charge is 0.748 e. The number of carboxylic acids is 1. The molecule has 0 spiro atoms. The van der Waals surface area contributed by atoms with Gasteiger partial charge in [-0.25, -0.2) is 13.3 Å². The summed E-state index contributed by atoms with van der Waals surface area (Å²) >= 11 is 5.20. The summed E-state index contributed by atoms with van der Waals surface area (Å²) in [4.78, 5) is 45.7. The summed E-state index contributed by atoms with van der Waals surface area (Å²) in [5.74, 6) is -3.34. The van der Waals surface area contributed by atoms with Crippen LogP contribution in [0.5, 0.6) is 0 Å². The lowest BCUT2D eigenvalue weighted by molar-refractivity contribution is -0.929. The molecule has 5 N–H and O–H groups in total. The first-order valence-corrected chi connectivity index (χ1v) is 21.7. The summed E-state index contributed by atoms with van der Waals surface area (Å²) < 4.78 is 31.2. The van der Waals surface area contributed by atoms with Gasteiger partial charge >= 0.3 is 5.97 Å². The number of aliphatic carboxylic acids is 1. The molecule has 0 bridgehead atoms. The number of hydrogen-bond acceptors (Lipinski definition) is 8. The lowest BCUT2D eigenvalue weighted by Crippen LogP contribution is -2.50. The van der Waals surface area contributed by atoms with Crippen LogP contribution in [0.1, 0.15) is 140 Å². The van der Waals surface area contributed by atoms with Crippen LogP contribution in [0.25, 0.3) is 0 Å². The maximum absolute atomic E-state index is 11.4. The van der Waals surface area contributed by atoms with Gasteiger partial charge in [0.05, 0.1) is 48.0 Å². The molecule has 0 rings (SSSR count). The monoisotopic (exact) mass is 828 g/mol. The van der Waals surface area contributed by atoms with Crippen LogP contribution < -0.4 is 20.8 Å². The molecule has 0 radical (unpaired) electrons. The highest BCUT2D eigenvalue weighted by Crippen LogP contribution is 2.16. The average molecular weight is 829 g/mol. The molecular weight excluding hydrogens is 746 g/mol. The first-order valence-electron chi connectivity index (χ1n) is 19.7. The minimum absolute atomic E-state index is 0. The summed E-state index contributed by atoms with van der Waals surface area (Å²) in [6.45, 7) is 32.9. The van der Waals surface area contributed by atoms with E-state index in [1.54, 1.807) is 13.8 Å². The highest BCUT2D eigenvalue weighted by Gasteiger charge is 2.24. The Kier molecular flexibility index (Phi) is 44.5. The van der Waals surface area contributed by atoms with E-state index in [1.807, 2.05) is 13.8 Å². The van der Waals surface area contributed by atoms with Gasteiger partial charge < -0.3 is 30.1 Å². The van der Waals surface area contributed by atoms with Crippen molar-refractivity contribution in [3.63, 3.8) is 0 Å². The Balaban J connectivity index is -0.000000205. The molecule has 2 atom stereocenters. The van der Waals surface area contributed by atoms with E-state index in [2.05, 4.69) is 61.6 Å². The van der Waals surface area contributed by atoms with Crippen LogP contribution in [-0.4, -0.2) is 104 Å². The van der Waals surface area contributed by atoms with Crippen molar-refractivity contribution in [1.82, 2.24) is 20.8 Å². The maximum Gasteiger partial charge on any atom is 0.307 e. The van der Waals surface area contributed by atoms with E-state index in [0.29, 0.717) is 37.3 Å². The van der Waals surface area contributed by atoms with Gasteiger partial charge in [0.15, 0.2) is 0 Å². The number of nitrogens with one attached hydrogen (secondary N) is 4. The second kappa shape index (κ2) is 39.7. The number of halogens is 1. The van der Waals surface area contributed by atoms with E-state index in [4.69, 9.17) is 16.9 Å². The highest BCUT2D eigenvalue weighted by atomic mass is 35.5. The Morgan fingerprint density at radius 3 is 1.27 bits per heavy atom. The molecule has 0 aliphatic rings. The molecule has 0 aliphatic heterocycles. The van der Waals surface area contributed by atoms with Crippen LogP contribution in [0.4, 0.5) is 0 Å². The van der Waals surface area contributed by atoms with Crippen molar-refractivity contribution in [2.75, 3.05) is 58.1 Å². The number of amides is 3. The lowest BCUT2D eigenvalue weighted by atomic mass is 10.1. The van der Waals surface area contributed by atoms with E-state index < -0.39 is 27.8 Å². The van der Waals surface area contributed by atoms with Crippen molar-refractivity contribution < 1.29 is 41.7 Å². The molecule has 0 aromatic carbocycles. The highest BCUT2D eigenvalue weighted by molar-refractivity contribution is 7.85. The van der Waals surface area contributed by atoms with Gasteiger partial charge in [0.25, 0.3) is 0 Å². The second-order valence-corrected chi connectivity index (χ2v) is 15.6. The van der Waals surface area contributed by atoms with Crippen LogP contribution in [-0.2, 0) is 29.3 Å². The van der Waals surface area contributed by atoms with Gasteiger partial charge in [-0.3, -0.25) is 19.2 Å². The summed E-state index contributed by atoms with van der Waals surface area (Å²) in [5, 5.41) is 16.4. The van der Waals surface area contributed by atoms with Crippen LogP contribution in [0.3, 0.4) is 0 Å². The molecular formula is C40H82ClN5O8S. The molecule has 0 aromatic rings. The molecule has 0 aromatic heterocycles. The number of quaternary nitrogens is 1. The SMILES string of the molecule is C.C=C(C)C(=O)NCCCNC(=O)C(C)CC.C=C(C)C(=O)NCCCNCl.CC(CS(=O)(=O)[O-])C(=O)O.CCCC[N+](CCCC)(CCCC)CCCC. The number of rotatable bonds is 27. The predicted molar refractivity (Wildman–Crippen MR) is 229 cm³/mol. The van der Waals surface area contributed by atoms with Gasteiger partial charge in [0, 0.05) is 43.2 Å². The smallest absolute Gasteiger partial charge is 0.307 e. The van der Waals surface area contributed by atoms with Crippen LogP contribution in [0.2, 0.25) is 0 Å². The van der Waals surface area contributed by atoms with Crippen molar-refractivity contribution in [1.29, 1.82) is 0 Å². The first-order chi connectivity index (χ1) is 25.2. The zero-order chi connectivity index (χ0) is 42.6. The summed E-state index contributed by atoms with van der Waals surface area (Å²) in [6, 6.07) is 0. The fourth-order valence-electron chi connectivity index (χ4n) is 4.54. The topological polar surface area (TPSA) is 194 Å². The third-order valence-electron chi connectivity index (χ3n) is 8.33. The zero-order valence-electron chi connectivity index (χ0n) is 35.2. The van der Waals surface area contributed by atoms with E-state index in [-0.39, 0.29) is 31.1 Å². The summed E-state index contributed by atoms with van der Waals surface area (Å²) in [7, 11) is -4.40. The minimum Gasteiger partial charge on any atom is -0.748 e. The number of carbonyl (C=O) groups excluding carboxylic acids is 3. The van der Waals surface area contributed by atoms with Crippen molar-refractivity contribution in [2.24, 2.45) is 11.8 Å². The van der Waals surface area contributed by atoms with E-state index in [9.17, 15) is 32.1 Å². The van der Waals surface area contributed by atoms with Gasteiger partial charge in [0.2, 0.25) is 17.7 Å². The molecule has 13 nitrogen and oxygen atoms in total. The number of nitrogens with zero attached hydrogens (tertiary/aromatic N) is 1. The molecule has 328 valence electrons. The molecule has 15 heteroatoms. The molecule has 3 amide bonds. The molecule has 0 aliphatic carbocycles. The van der Waals surface area contributed by atoms with E-state index in [0.717, 1.165) is 26.2 Å². The van der Waals surface area contributed by atoms with E-state index in [1.165, 1.54) is 82.0 Å². The molecule has 2 unspecified atom stereocenters. The van der Waals surface area contributed by atoms with Crippen molar-refractivity contribution in [3.8, 4) is 0 Å². The quantitative estimate of drug-likeness (QED) is 0.0192. The Hall–Kier alpha value is -2.52. The normalized spacial score (nSPS) is 11.6. The van der Waals surface area contributed by atoms with Gasteiger partial charge in [-0.1, -0.05) is 94.7 Å². The molecule has 0 heterocycles. The predicted octanol–water partition coefficient (Wildman–Crippen LogP) is 6.94. The van der Waals surface area contributed by atoms with Gasteiger partial charge in [-0.2, -0.15) is 0 Å². The van der Waals surface area contributed by atoms with Gasteiger partial charge in [0.1, 0.15) is 0 Å². The number of unbranched alkanes of at least 4 members (excludes halogenated alkanes) is 4. The Bertz CT molecular complexity index is 1100. The van der Waals surface area contributed by atoms with Crippen molar-refractivity contribution >= 4 is 45.6 Å². The molecule has 55 heavy (non-hydrogen) atoms. The molecule has 0 saturated carbocycles.